The number of hydrogen-bond donors (Lipinski definition) is 2. The lowest BCUT2D eigenvalue weighted by Crippen LogP contribution is -2.42. The summed E-state index contributed by atoms with van der Waals surface area (Å²) in [4.78, 5) is 30.9. The molecule has 3 rings (SSSR count). The summed E-state index contributed by atoms with van der Waals surface area (Å²) in [5.74, 6) is 0.336. The van der Waals surface area contributed by atoms with Crippen molar-refractivity contribution in [1.82, 2.24) is 14.3 Å². The molecule has 1 unspecified atom stereocenters. The fourth-order valence-electron chi connectivity index (χ4n) is 3.27. The van der Waals surface area contributed by atoms with Gasteiger partial charge in [-0.2, -0.15) is 0 Å². The van der Waals surface area contributed by atoms with Gasteiger partial charge in [-0.25, -0.2) is 4.98 Å². The van der Waals surface area contributed by atoms with Crippen LogP contribution >= 0.6 is 0 Å². The van der Waals surface area contributed by atoms with Crippen LogP contribution in [0.1, 0.15) is 56.4 Å². The first-order chi connectivity index (χ1) is 14.5. The number of β-amino-alcohol motifs (C(OH)–C–C–N with tert-alkyl or cyclic N) is 1. The molecule has 0 saturated carbocycles. The van der Waals surface area contributed by atoms with E-state index in [4.69, 9.17) is 0 Å². The maximum atomic E-state index is 12.7. The molecule has 1 atom stereocenters. The number of piperidine rings is 1. The van der Waals surface area contributed by atoms with Gasteiger partial charge in [0.25, 0.3) is 5.91 Å². The molecule has 2 aromatic rings. The molecule has 0 aromatic carbocycles. The van der Waals surface area contributed by atoms with Crippen LogP contribution in [-0.2, 0) is 4.79 Å². The number of aliphatic hydroxyl groups is 1. The number of pyridine rings is 1. The SMILES string of the molecule is C/C=C\CCCC(=O)Nc1cccc2nc(C(=O)N3CCCC(O)C3)cn12.C=CC. The zero-order valence-corrected chi connectivity index (χ0v) is 17.9. The van der Waals surface area contributed by atoms with E-state index in [0.29, 0.717) is 36.7 Å². The van der Waals surface area contributed by atoms with E-state index in [-0.39, 0.29) is 11.8 Å². The molecule has 1 aliphatic heterocycles. The van der Waals surface area contributed by atoms with Crippen molar-refractivity contribution in [2.75, 3.05) is 18.4 Å². The molecule has 2 aromatic heterocycles. The highest BCUT2D eigenvalue weighted by atomic mass is 16.3. The van der Waals surface area contributed by atoms with E-state index in [9.17, 15) is 14.7 Å². The van der Waals surface area contributed by atoms with E-state index in [0.717, 1.165) is 25.7 Å². The molecule has 1 saturated heterocycles. The number of unbranched alkanes of at least 4 members (excludes halogenated alkanes) is 1. The molecule has 2 amide bonds. The minimum Gasteiger partial charge on any atom is -0.391 e. The van der Waals surface area contributed by atoms with Gasteiger partial charge in [-0.1, -0.05) is 24.3 Å². The third-order valence-electron chi connectivity index (χ3n) is 4.67. The number of nitrogens with zero attached hydrogens (tertiary/aromatic N) is 3. The van der Waals surface area contributed by atoms with Crippen molar-refractivity contribution in [2.24, 2.45) is 0 Å². The van der Waals surface area contributed by atoms with Gasteiger partial charge in [0.05, 0.1) is 6.10 Å². The zero-order valence-electron chi connectivity index (χ0n) is 17.9. The predicted molar refractivity (Wildman–Crippen MR) is 120 cm³/mol. The zero-order chi connectivity index (χ0) is 21.9. The summed E-state index contributed by atoms with van der Waals surface area (Å²) in [6, 6.07) is 5.39. The highest BCUT2D eigenvalue weighted by Crippen LogP contribution is 2.17. The van der Waals surface area contributed by atoms with Crippen molar-refractivity contribution in [3.63, 3.8) is 0 Å². The van der Waals surface area contributed by atoms with Gasteiger partial charge in [0.2, 0.25) is 5.91 Å². The summed E-state index contributed by atoms with van der Waals surface area (Å²) in [6.45, 7) is 8.17. The van der Waals surface area contributed by atoms with Crippen LogP contribution in [0.4, 0.5) is 5.82 Å². The first-order valence-electron chi connectivity index (χ1n) is 10.4. The fraction of sp³-hybridized carbons (Fsp3) is 0.435. The molecule has 2 N–H and O–H groups in total. The lowest BCUT2D eigenvalue weighted by atomic mass is 10.1. The maximum absolute atomic E-state index is 12.7. The lowest BCUT2D eigenvalue weighted by molar-refractivity contribution is -0.116. The van der Waals surface area contributed by atoms with Crippen LogP contribution in [0.2, 0.25) is 0 Å². The highest BCUT2D eigenvalue weighted by molar-refractivity contribution is 5.94. The number of hydrogen-bond acceptors (Lipinski definition) is 4. The van der Waals surface area contributed by atoms with Crippen LogP contribution < -0.4 is 5.32 Å². The number of fused-ring (bicyclic) bond motifs is 1. The Morgan fingerprint density at radius 3 is 2.83 bits per heavy atom. The summed E-state index contributed by atoms with van der Waals surface area (Å²) in [5.41, 5.74) is 0.918. The van der Waals surface area contributed by atoms with Crippen LogP contribution in [0.3, 0.4) is 0 Å². The van der Waals surface area contributed by atoms with Gasteiger partial charge in [0, 0.05) is 25.7 Å². The Morgan fingerprint density at radius 1 is 1.37 bits per heavy atom. The lowest BCUT2D eigenvalue weighted by Gasteiger charge is -2.29. The number of rotatable bonds is 6. The minimum atomic E-state index is -0.475. The van der Waals surface area contributed by atoms with Gasteiger partial charge >= 0.3 is 0 Å². The second-order valence-corrected chi connectivity index (χ2v) is 7.23. The predicted octanol–water partition coefficient (Wildman–Crippen LogP) is 3.81. The molecule has 0 spiro atoms. The molecular weight excluding hydrogens is 380 g/mol. The first kappa shape index (κ1) is 23.3. The maximum Gasteiger partial charge on any atom is 0.274 e. The molecule has 7 nitrogen and oxygen atoms in total. The first-order valence-corrected chi connectivity index (χ1v) is 10.4. The minimum absolute atomic E-state index is 0.0623. The number of amides is 2. The molecule has 30 heavy (non-hydrogen) atoms. The molecule has 3 heterocycles. The average molecular weight is 413 g/mol. The number of likely N-dealkylation sites (tertiary alicyclic amines) is 1. The Morgan fingerprint density at radius 2 is 2.13 bits per heavy atom. The van der Waals surface area contributed by atoms with Gasteiger partial charge in [0.15, 0.2) is 0 Å². The van der Waals surface area contributed by atoms with Gasteiger partial charge in [-0.15, -0.1) is 6.58 Å². The summed E-state index contributed by atoms with van der Waals surface area (Å²) in [6.07, 6.45) is 10.5. The van der Waals surface area contributed by atoms with Gasteiger partial charge in [-0.05, 0) is 51.7 Å². The van der Waals surface area contributed by atoms with Crippen molar-refractivity contribution in [1.29, 1.82) is 0 Å². The third-order valence-corrected chi connectivity index (χ3v) is 4.67. The van der Waals surface area contributed by atoms with Crippen molar-refractivity contribution in [3.05, 3.63) is 54.9 Å². The van der Waals surface area contributed by atoms with Crippen LogP contribution in [0.25, 0.3) is 5.65 Å². The average Bonchev–Trinajstić information content (AvgIpc) is 3.17. The Balaban J connectivity index is 0.00000101. The molecular formula is C23H32N4O3. The van der Waals surface area contributed by atoms with E-state index < -0.39 is 6.10 Å². The number of carbonyl (C=O) groups is 2. The van der Waals surface area contributed by atoms with Crippen molar-refractivity contribution < 1.29 is 14.7 Å². The Labute approximate surface area is 178 Å². The molecule has 0 radical (unpaired) electrons. The highest BCUT2D eigenvalue weighted by Gasteiger charge is 2.25. The molecule has 7 heteroatoms. The third kappa shape index (κ3) is 6.56. The van der Waals surface area contributed by atoms with Crippen LogP contribution in [0.15, 0.2) is 49.2 Å². The van der Waals surface area contributed by atoms with Gasteiger partial charge in [-0.3, -0.25) is 14.0 Å². The van der Waals surface area contributed by atoms with Crippen molar-refractivity contribution in [2.45, 2.75) is 52.1 Å². The van der Waals surface area contributed by atoms with Gasteiger partial charge < -0.3 is 15.3 Å². The van der Waals surface area contributed by atoms with Crippen LogP contribution in [0, 0.1) is 0 Å². The number of anilines is 1. The fourth-order valence-corrected chi connectivity index (χ4v) is 3.27. The number of aromatic nitrogens is 2. The normalized spacial score (nSPS) is 16.2. The van der Waals surface area contributed by atoms with E-state index in [1.165, 1.54) is 0 Å². The second-order valence-electron chi connectivity index (χ2n) is 7.23. The van der Waals surface area contributed by atoms with E-state index in [2.05, 4.69) is 16.9 Å². The largest absolute Gasteiger partial charge is 0.391 e. The summed E-state index contributed by atoms with van der Waals surface area (Å²) >= 11 is 0. The van der Waals surface area contributed by atoms with E-state index >= 15 is 0 Å². The molecule has 0 bridgehead atoms. The molecule has 1 aliphatic rings. The number of imidazole rings is 1. The van der Waals surface area contributed by atoms with Gasteiger partial charge in [0.1, 0.15) is 17.2 Å². The Kier molecular flexibility index (Phi) is 9.28. The van der Waals surface area contributed by atoms with Crippen LogP contribution in [-0.4, -0.2) is 50.4 Å². The summed E-state index contributed by atoms with van der Waals surface area (Å²) in [7, 11) is 0. The smallest absolute Gasteiger partial charge is 0.274 e. The topological polar surface area (TPSA) is 86.9 Å². The van der Waals surface area contributed by atoms with Crippen molar-refractivity contribution in [3.8, 4) is 0 Å². The Hall–Kier alpha value is -2.93. The monoisotopic (exact) mass is 412 g/mol. The quantitative estimate of drug-likeness (QED) is 0.558. The Bertz CT molecular complexity index is 888. The van der Waals surface area contributed by atoms with E-state index in [1.54, 1.807) is 39.8 Å². The van der Waals surface area contributed by atoms with Crippen molar-refractivity contribution >= 4 is 23.3 Å². The summed E-state index contributed by atoms with van der Waals surface area (Å²) in [5, 5.41) is 12.7. The number of nitrogens with one attached hydrogen (secondary N) is 1. The number of carbonyl (C=O) groups excluding carboxylic acids is 2. The summed E-state index contributed by atoms with van der Waals surface area (Å²) < 4.78 is 1.72. The number of allylic oxidation sites excluding steroid dienone is 3. The van der Waals surface area contributed by atoms with Crippen LogP contribution in [0.5, 0.6) is 0 Å². The second kappa shape index (κ2) is 11.9. The molecule has 1 fully saturated rings. The number of aliphatic hydroxyl groups excluding tert-OH is 1. The molecule has 162 valence electrons. The molecule has 0 aliphatic carbocycles. The van der Waals surface area contributed by atoms with E-state index in [1.807, 2.05) is 26.0 Å². The standard InChI is InChI=1S/C20H26N4O3.C3H6/c1-2-3-4-5-11-19(26)22-18-10-6-9-17-21-16(14-24(17)18)20(27)23-12-7-8-15(25)13-23;1-3-2/h2-3,6,9-10,14-15,25H,4-5,7-8,11-13H2,1H3,(H,22,26);3H,1H2,2H3/b3-2-;.